The van der Waals surface area contributed by atoms with Crippen LogP contribution in [0.3, 0.4) is 0 Å². The molecule has 0 saturated heterocycles. The number of hydrogen-bond acceptors (Lipinski definition) is 5. The van der Waals surface area contributed by atoms with E-state index < -0.39 is 0 Å². The van der Waals surface area contributed by atoms with E-state index in [1.54, 1.807) is 11.8 Å². The predicted octanol–water partition coefficient (Wildman–Crippen LogP) is 2.95. The van der Waals surface area contributed by atoms with Gasteiger partial charge in [0.15, 0.2) is 11.9 Å². The molecule has 3 rings (SSSR count). The lowest BCUT2D eigenvalue weighted by atomic mass is 10.1. The summed E-state index contributed by atoms with van der Waals surface area (Å²) in [6.07, 6.45) is 2.25. The molecule has 0 aromatic heterocycles. The molecule has 1 atom stereocenters. The van der Waals surface area contributed by atoms with E-state index >= 15 is 0 Å². The number of hydrogen-bond donors (Lipinski definition) is 0. The van der Waals surface area contributed by atoms with E-state index in [0.717, 1.165) is 17.0 Å². The summed E-state index contributed by atoms with van der Waals surface area (Å²) in [4.78, 5) is 16.2. The summed E-state index contributed by atoms with van der Waals surface area (Å²) in [7, 11) is 1.66. The highest BCUT2D eigenvalue weighted by Crippen LogP contribution is 2.25. The Morgan fingerprint density at radius 3 is 2.27 bits per heavy atom. The number of methoxy groups -OCH3 is 1. The third-order valence-electron chi connectivity index (χ3n) is 3.03. The second kappa shape index (κ2) is 7.61. The number of benzene rings is 2. The lowest BCUT2D eigenvalue weighted by molar-refractivity contribution is -0.444. The van der Waals surface area contributed by atoms with Gasteiger partial charge >= 0.3 is 6.15 Å². The van der Waals surface area contributed by atoms with Crippen molar-refractivity contribution in [2.45, 2.75) is 6.04 Å². The van der Waals surface area contributed by atoms with Crippen molar-refractivity contribution in [3.8, 4) is 5.75 Å². The number of ether oxygens (including phenoxy) is 1. The Kier molecular flexibility index (Phi) is 5.29. The fraction of sp³-hybridized carbons (Fsp3) is 0.125. The monoisotopic (exact) mass is 296 g/mol. The summed E-state index contributed by atoms with van der Waals surface area (Å²) in [6, 6.07) is 17.8. The Balaban J connectivity index is 0.000000545. The fourth-order valence-electron chi connectivity index (χ4n) is 1.98. The fourth-order valence-corrected chi connectivity index (χ4v) is 1.98. The summed E-state index contributed by atoms with van der Waals surface area (Å²) in [6.45, 7) is 0. The van der Waals surface area contributed by atoms with Crippen molar-refractivity contribution in [2.75, 3.05) is 7.11 Å². The van der Waals surface area contributed by atoms with E-state index in [0.29, 0.717) is 0 Å². The zero-order valence-electron chi connectivity index (χ0n) is 11.9. The molecule has 2 aromatic carbocycles. The largest absolute Gasteiger partial charge is 0.497 e. The predicted molar refractivity (Wildman–Crippen MR) is 78.0 cm³/mol. The van der Waals surface area contributed by atoms with Crippen LogP contribution in [-0.2, 0) is 9.59 Å². The molecule has 0 bridgehead atoms. The van der Waals surface area contributed by atoms with Crippen LogP contribution in [-0.4, -0.2) is 24.2 Å². The van der Waals surface area contributed by atoms with Gasteiger partial charge in [0, 0.05) is 10.7 Å². The van der Waals surface area contributed by atoms with Gasteiger partial charge in [-0.1, -0.05) is 30.3 Å². The molecule has 1 aliphatic heterocycles. The maximum atomic E-state index is 8.12. The molecule has 0 radical (unpaired) electrons. The van der Waals surface area contributed by atoms with Gasteiger partial charge in [0.2, 0.25) is 6.04 Å². The Bertz CT molecular complexity index is 703. The van der Waals surface area contributed by atoms with Crippen LogP contribution in [0, 0.1) is 0 Å². The molecule has 110 valence electrons. The first-order valence-electron chi connectivity index (χ1n) is 6.51. The van der Waals surface area contributed by atoms with Crippen LogP contribution in [0.1, 0.15) is 11.6 Å². The molecule has 1 unspecified atom stereocenters. The van der Waals surface area contributed by atoms with E-state index in [-0.39, 0.29) is 12.2 Å². The lowest BCUT2D eigenvalue weighted by Gasteiger charge is -2.00. The van der Waals surface area contributed by atoms with E-state index in [1.807, 2.05) is 60.8 Å². The van der Waals surface area contributed by atoms with Crippen molar-refractivity contribution in [3.05, 3.63) is 60.2 Å². The van der Waals surface area contributed by atoms with Crippen molar-refractivity contribution < 1.29 is 19.0 Å². The molecule has 0 aliphatic carbocycles. The van der Waals surface area contributed by atoms with Gasteiger partial charge < -0.3 is 4.74 Å². The van der Waals surface area contributed by atoms with Gasteiger partial charge in [-0.3, -0.25) is 0 Å². The minimum atomic E-state index is -0.0360. The van der Waals surface area contributed by atoms with Gasteiger partial charge in [0.05, 0.1) is 7.11 Å². The van der Waals surface area contributed by atoms with Crippen molar-refractivity contribution in [3.63, 3.8) is 0 Å². The number of nitrogens with zero attached hydrogens (tertiary/aromatic N) is 3. The molecule has 1 heterocycles. The first kappa shape index (κ1) is 15.3. The first-order chi connectivity index (χ1) is 10.8. The quantitative estimate of drug-likeness (QED) is 0.817. The molecule has 0 fully saturated rings. The van der Waals surface area contributed by atoms with Gasteiger partial charge in [-0.25, -0.2) is 0 Å². The molecule has 0 saturated carbocycles. The second-order valence-electron chi connectivity index (χ2n) is 4.34. The molecule has 0 amide bonds. The van der Waals surface area contributed by atoms with Gasteiger partial charge in [-0.2, -0.15) is 9.59 Å². The molecule has 0 spiro atoms. The highest BCUT2D eigenvalue weighted by atomic mass is 16.5. The third kappa shape index (κ3) is 3.71. The highest BCUT2D eigenvalue weighted by molar-refractivity contribution is 5.65. The maximum Gasteiger partial charge on any atom is 0.373 e. The number of rotatable bonds is 3. The van der Waals surface area contributed by atoms with E-state index in [9.17, 15) is 0 Å². The van der Waals surface area contributed by atoms with Crippen LogP contribution in [0.2, 0.25) is 0 Å². The van der Waals surface area contributed by atoms with Crippen molar-refractivity contribution >= 4 is 18.1 Å². The van der Waals surface area contributed by atoms with Crippen molar-refractivity contribution in [2.24, 2.45) is 10.3 Å². The SMILES string of the molecule is COc1ccc(C2C=[N+](c3ccccc3)N=N2)cc1.O=C=O. The van der Waals surface area contributed by atoms with Crippen LogP contribution in [0.15, 0.2) is 64.9 Å². The van der Waals surface area contributed by atoms with Crippen LogP contribution in [0.25, 0.3) is 0 Å². The van der Waals surface area contributed by atoms with E-state index in [1.165, 1.54) is 0 Å². The summed E-state index contributed by atoms with van der Waals surface area (Å²) >= 11 is 0. The zero-order valence-corrected chi connectivity index (χ0v) is 11.9. The molecule has 0 N–H and O–H groups in total. The Labute approximate surface area is 127 Å². The minimum absolute atomic E-state index is 0.0360. The van der Waals surface area contributed by atoms with Crippen LogP contribution >= 0.6 is 0 Å². The van der Waals surface area contributed by atoms with Crippen LogP contribution in [0.4, 0.5) is 5.69 Å². The molecule has 2 aromatic rings. The van der Waals surface area contributed by atoms with Crippen LogP contribution in [0.5, 0.6) is 5.75 Å². The van der Waals surface area contributed by atoms with Gasteiger partial charge in [0.25, 0.3) is 0 Å². The Hall–Kier alpha value is -3.11. The number of para-hydroxylation sites is 1. The normalized spacial score (nSPS) is 15.3. The van der Waals surface area contributed by atoms with E-state index in [2.05, 4.69) is 10.3 Å². The van der Waals surface area contributed by atoms with Crippen molar-refractivity contribution in [1.82, 2.24) is 0 Å². The summed E-state index contributed by atoms with van der Waals surface area (Å²) in [5.74, 6) is 0.846. The molecule has 1 aliphatic rings. The average Bonchev–Trinajstić information content (AvgIpc) is 3.06. The molecule has 22 heavy (non-hydrogen) atoms. The molecular weight excluding hydrogens is 282 g/mol. The lowest BCUT2D eigenvalue weighted by Crippen LogP contribution is -1.99. The van der Waals surface area contributed by atoms with Crippen molar-refractivity contribution in [1.29, 1.82) is 0 Å². The topological polar surface area (TPSA) is 71.1 Å². The number of carbonyl (C=O) groups excluding carboxylic acids is 2. The molecule has 6 nitrogen and oxygen atoms in total. The minimum Gasteiger partial charge on any atom is -0.497 e. The van der Waals surface area contributed by atoms with Crippen LogP contribution < -0.4 is 4.74 Å². The van der Waals surface area contributed by atoms with Gasteiger partial charge in [-0.05, 0) is 24.3 Å². The average molecular weight is 296 g/mol. The Morgan fingerprint density at radius 2 is 1.68 bits per heavy atom. The summed E-state index contributed by atoms with van der Waals surface area (Å²) in [5.41, 5.74) is 2.12. The highest BCUT2D eigenvalue weighted by Gasteiger charge is 2.24. The first-order valence-corrected chi connectivity index (χ1v) is 6.51. The van der Waals surface area contributed by atoms with Gasteiger partial charge in [-0.15, -0.1) is 4.68 Å². The maximum absolute atomic E-state index is 8.12. The second-order valence-corrected chi connectivity index (χ2v) is 4.34. The summed E-state index contributed by atoms with van der Waals surface area (Å²) in [5, 5.41) is 8.45. The molecule has 6 heteroatoms. The van der Waals surface area contributed by atoms with Gasteiger partial charge in [0.1, 0.15) is 11.0 Å². The Morgan fingerprint density at radius 1 is 1.05 bits per heavy atom. The third-order valence-corrected chi connectivity index (χ3v) is 3.03. The smallest absolute Gasteiger partial charge is 0.373 e. The van der Waals surface area contributed by atoms with E-state index in [4.69, 9.17) is 14.3 Å². The standard InChI is InChI=1S/C15H14N3O.CO2/c1-19-14-9-7-12(8-10-14)15-11-18(17-16-15)13-5-3-2-4-6-13;2-1-3/h2-11,15H,1H3;/q+1;. The summed E-state index contributed by atoms with van der Waals surface area (Å²) < 4.78 is 6.95. The molecular formula is C16H14N3O3+. The zero-order chi connectivity index (χ0) is 15.8.